The molecule has 0 saturated heterocycles. The molecule has 2 heterocycles. The van der Waals surface area contributed by atoms with E-state index in [0.717, 1.165) is 28.9 Å². The van der Waals surface area contributed by atoms with Gasteiger partial charge >= 0.3 is 0 Å². The second-order valence-electron chi connectivity index (χ2n) is 7.64. The molecule has 1 amide bonds. The van der Waals surface area contributed by atoms with Gasteiger partial charge in [-0.3, -0.25) is 9.59 Å². The Kier molecular flexibility index (Phi) is 6.82. The van der Waals surface area contributed by atoms with Crippen molar-refractivity contribution < 1.29 is 9.32 Å². The Morgan fingerprint density at radius 2 is 1.87 bits per heavy atom. The van der Waals surface area contributed by atoms with Crippen LogP contribution in [0.5, 0.6) is 0 Å². The topological polar surface area (TPSA) is 90.0 Å². The molecule has 3 rings (SSSR count). The largest absolute Gasteiger partial charge is 0.339 e. The van der Waals surface area contributed by atoms with Gasteiger partial charge in [-0.25, -0.2) is 0 Å². The molecule has 0 aliphatic carbocycles. The van der Waals surface area contributed by atoms with E-state index in [1.807, 2.05) is 45.9 Å². The zero-order valence-electron chi connectivity index (χ0n) is 18.0. The predicted octanol–water partition coefficient (Wildman–Crippen LogP) is 4.19. The highest BCUT2D eigenvalue weighted by atomic mass is 16.5. The Hall–Kier alpha value is -3.22. The lowest BCUT2D eigenvalue weighted by atomic mass is 10.1. The molecule has 3 aromatic rings. The van der Waals surface area contributed by atoms with E-state index in [2.05, 4.69) is 21.5 Å². The Bertz CT molecular complexity index is 1080. The second kappa shape index (κ2) is 9.52. The number of rotatable bonds is 8. The lowest BCUT2D eigenvalue weighted by Gasteiger charge is -2.09. The maximum absolute atomic E-state index is 12.7. The summed E-state index contributed by atoms with van der Waals surface area (Å²) in [6.07, 6.45) is 2.26. The number of amides is 1. The first-order chi connectivity index (χ1) is 14.4. The normalized spacial score (nSPS) is 10.9. The highest BCUT2D eigenvalue weighted by molar-refractivity contribution is 5.90. The van der Waals surface area contributed by atoms with Crippen LogP contribution in [0.4, 0.5) is 5.69 Å². The number of hydrogen-bond donors (Lipinski definition) is 1. The van der Waals surface area contributed by atoms with Gasteiger partial charge in [0.25, 0.3) is 5.56 Å². The van der Waals surface area contributed by atoms with Gasteiger partial charge in [0, 0.05) is 30.8 Å². The van der Waals surface area contributed by atoms with E-state index in [1.54, 1.807) is 10.6 Å². The minimum atomic E-state index is -0.114. The van der Waals surface area contributed by atoms with Crippen LogP contribution in [0.1, 0.15) is 48.9 Å². The zero-order chi connectivity index (χ0) is 21.7. The van der Waals surface area contributed by atoms with Gasteiger partial charge in [-0.15, -0.1) is 0 Å². The van der Waals surface area contributed by atoms with Crippen LogP contribution in [-0.2, 0) is 17.8 Å². The van der Waals surface area contributed by atoms with Crippen molar-refractivity contribution in [1.82, 2.24) is 14.7 Å². The number of carbonyl (C=O) groups is 1. The molecule has 7 nitrogen and oxygen atoms in total. The second-order valence-corrected chi connectivity index (χ2v) is 7.64. The highest BCUT2D eigenvalue weighted by Crippen LogP contribution is 2.16. The number of hydrogen-bond acceptors (Lipinski definition) is 5. The number of nitrogens with one attached hydrogen (secondary N) is 1. The number of benzene rings is 1. The molecular formula is C23H28N4O3. The molecule has 0 bridgehead atoms. The zero-order valence-corrected chi connectivity index (χ0v) is 18.0. The van der Waals surface area contributed by atoms with Crippen molar-refractivity contribution in [2.24, 2.45) is 0 Å². The Balaban J connectivity index is 1.59. The van der Waals surface area contributed by atoms with Crippen molar-refractivity contribution in [1.29, 1.82) is 0 Å². The molecule has 0 unspecified atom stereocenters. The molecule has 30 heavy (non-hydrogen) atoms. The molecule has 0 spiro atoms. The van der Waals surface area contributed by atoms with Crippen molar-refractivity contribution in [2.75, 3.05) is 5.32 Å². The third-order valence-corrected chi connectivity index (χ3v) is 4.85. The number of nitrogens with zero attached hydrogens (tertiary/aromatic N) is 3. The molecule has 158 valence electrons. The van der Waals surface area contributed by atoms with Crippen molar-refractivity contribution in [2.45, 2.75) is 59.9 Å². The Morgan fingerprint density at radius 3 is 2.57 bits per heavy atom. The first kappa shape index (κ1) is 21.5. The van der Waals surface area contributed by atoms with Gasteiger partial charge in [-0.1, -0.05) is 18.1 Å². The standard InChI is InChI=1S/C23H28N4O3/c1-5-11-27-17(4)9-10-19(23(27)29)22-25-21(30-26-22)8-6-7-20(28)24-18-13-15(2)12-16(3)14-18/h9-10,12-14H,5-8,11H2,1-4H3,(H,24,28). The summed E-state index contributed by atoms with van der Waals surface area (Å²) in [6.45, 7) is 8.59. The van der Waals surface area contributed by atoms with Gasteiger partial charge in [0.05, 0.1) is 5.56 Å². The van der Waals surface area contributed by atoms with Crippen LogP contribution in [0, 0.1) is 20.8 Å². The summed E-state index contributed by atoms with van der Waals surface area (Å²) in [6, 6.07) is 9.58. The number of pyridine rings is 1. The van der Waals surface area contributed by atoms with Crippen LogP contribution in [-0.4, -0.2) is 20.6 Å². The summed E-state index contributed by atoms with van der Waals surface area (Å²) in [5.74, 6) is 0.659. The first-order valence-corrected chi connectivity index (χ1v) is 10.3. The minimum absolute atomic E-state index is 0.0549. The third-order valence-electron chi connectivity index (χ3n) is 4.85. The first-order valence-electron chi connectivity index (χ1n) is 10.3. The Labute approximate surface area is 176 Å². The summed E-state index contributed by atoms with van der Waals surface area (Å²) < 4.78 is 7.02. The Morgan fingerprint density at radius 1 is 1.13 bits per heavy atom. The highest BCUT2D eigenvalue weighted by Gasteiger charge is 2.15. The SMILES string of the molecule is CCCn1c(C)ccc(-c2noc(CCCC(=O)Nc3cc(C)cc(C)c3)n2)c1=O. The molecule has 0 radical (unpaired) electrons. The maximum Gasteiger partial charge on any atom is 0.261 e. The molecule has 0 aliphatic rings. The lowest BCUT2D eigenvalue weighted by molar-refractivity contribution is -0.116. The van der Waals surface area contributed by atoms with Gasteiger partial charge < -0.3 is 14.4 Å². The predicted molar refractivity (Wildman–Crippen MR) is 117 cm³/mol. The molecular weight excluding hydrogens is 380 g/mol. The summed E-state index contributed by atoms with van der Waals surface area (Å²) in [5.41, 5.74) is 4.24. The van der Waals surface area contributed by atoms with Crippen molar-refractivity contribution in [3.63, 3.8) is 0 Å². The van der Waals surface area contributed by atoms with Crippen LogP contribution >= 0.6 is 0 Å². The van der Waals surface area contributed by atoms with Crippen LogP contribution in [0.3, 0.4) is 0 Å². The van der Waals surface area contributed by atoms with E-state index in [0.29, 0.717) is 43.1 Å². The van der Waals surface area contributed by atoms with Crippen LogP contribution in [0.2, 0.25) is 0 Å². The molecule has 0 aliphatic heterocycles. The number of aryl methyl sites for hydroxylation is 4. The van der Waals surface area contributed by atoms with Crippen LogP contribution in [0.15, 0.2) is 39.6 Å². The van der Waals surface area contributed by atoms with Gasteiger partial charge in [0.15, 0.2) is 0 Å². The molecule has 1 N–H and O–H groups in total. The molecule has 2 aromatic heterocycles. The molecule has 0 fully saturated rings. The average Bonchev–Trinajstić information content (AvgIpc) is 3.13. The maximum atomic E-state index is 12.7. The third kappa shape index (κ3) is 5.23. The lowest BCUT2D eigenvalue weighted by Crippen LogP contribution is -2.23. The van der Waals surface area contributed by atoms with Crippen LogP contribution in [0.25, 0.3) is 11.4 Å². The van der Waals surface area contributed by atoms with E-state index >= 15 is 0 Å². The van der Waals surface area contributed by atoms with Crippen molar-refractivity contribution >= 4 is 11.6 Å². The minimum Gasteiger partial charge on any atom is -0.339 e. The molecule has 7 heteroatoms. The van der Waals surface area contributed by atoms with Crippen molar-refractivity contribution in [3.8, 4) is 11.4 Å². The summed E-state index contributed by atoms with van der Waals surface area (Å²) in [4.78, 5) is 29.3. The summed E-state index contributed by atoms with van der Waals surface area (Å²) in [7, 11) is 0. The van der Waals surface area contributed by atoms with Crippen molar-refractivity contribution in [3.05, 3.63) is 63.4 Å². The number of carbonyl (C=O) groups excluding carboxylic acids is 1. The van der Waals surface area contributed by atoms with E-state index in [4.69, 9.17) is 4.52 Å². The molecule has 1 aromatic carbocycles. The van der Waals surface area contributed by atoms with E-state index in [1.165, 1.54) is 0 Å². The van der Waals surface area contributed by atoms with E-state index in [-0.39, 0.29) is 11.5 Å². The van der Waals surface area contributed by atoms with Gasteiger partial charge in [-0.2, -0.15) is 4.98 Å². The number of aromatic nitrogens is 3. The molecule has 0 atom stereocenters. The monoisotopic (exact) mass is 408 g/mol. The van der Waals surface area contributed by atoms with Gasteiger partial charge in [0.2, 0.25) is 17.6 Å². The van der Waals surface area contributed by atoms with E-state index in [9.17, 15) is 9.59 Å². The fourth-order valence-corrected chi connectivity index (χ4v) is 3.48. The van der Waals surface area contributed by atoms with Gasteiger partial charge in [-0.05, 0) is 69.0 Å². The fourth-order valence-electron chi connectivity index (χ4n) is 3.48. The van der Waals surface area contributed by atoms with Crippen LogP contribution < -0.4 is 10.9 Å². The summed E-state index contributed by atoms with van der Waals surface area (Å²) >= 11 is 0. The average molecular weight is 409 g/mol. The molecule has 0 saturated carbocycles. The smallest absolute Gasteiger partial charge is 0.261 e. The summed E-state index contributed by atoms with van der Waals surface area (Å²) in [5, 5.41) is 6.89. The van der Waals surface area contributed by atoms with E-state index < -0.39 is 0 Å². The number of anilines is 1. The fraction of sp³-hybridized carbons (Fsp3) is 0.391. The quantitative estimate of drug-likeness (QED) is 0.603. The van der Waals surface area contributed by atoms with Gasteiger partial charge in [0.1, 0.15) is 0 Å².